The van der Waals surface area contributed by atoms with Gasteiger partial charge in [-0.15, -0.1) is 0 Å². The molecule has 28 heavy (non-hydrogen) atoms. The van der Waals surface area contributed by atoms with Crippen LogP contribution in [-0.2, 0) is 10.0 Å². The van der Waals surface area contributed by atoms with Gasteiger partial charge in [0.25, 0.3) is 5.91 Å². The summed E-state index contributed by atoms with van der Waals surface area (Å²) in [5.74, 6) is -1.18. The lowest BCUT2D eigenvalue weighted by atomic mass is 10.1. The normalized spacial score (nSPS) is 11.3. The van der Waals surface area contributed by atoms with Gasteiger partial charge in [0, 0.05) is 19.2 Å². The zero-order valence-electron chi connectivity index (χ0n) is 15.8. The second-order valence-electron chi connectivity index (χ2n) is 5.73. The third-order valence-corrected chi connectivity index (χ3v) is 6.15. The van der Waals surface area contributed by atoms with Crippen LogP contribution in [0.15, 0.2) is 47.4 Å². The van der Waals surface area contributed by atoms with E-state index < -0.39 is 21.9 Å². The van der Waals surface area contributed by atoms with Crippen molar-refractivity contribution in [1.29, 1.82) is 0 Å². The number of carbonyl (C=O) groups is 2. The summed E-state index contributed by atoms with van der Waals surface area (Å²) >= 11 is 0. The Morgan fingerprint density at radius 3 is 2.14 bits per heavy atom. The molecular weight excluding hydrogens is 384 g/mol. The van der Waals surface area contributed by atoms with Crippen LogP contribution in [-0.4, -0.2) is 44.8 Å². The van der Waals surface area contributed by atoms with E-state index in [0.29, 0.717) is 18.8 Å². The first kappa shape index (κ1) is 21.4. The molecule has 1 amide bonds. The number of sulfonamides is 1. The minimum Gasteiger partial charge on any atom is -0.497 e. The van der Waals surface area contributed by atoms with E-state index in [2.05, 4.69) is 0 Å². The van der Waals surface area contributed by atoms with E-state index in [1.807, 2.05) is 0 Å². The van der Waals surface area contributed by atoms with Crippen molar-refractivity contribution in [3.63, 3.8) is 0 Å². The molecule has 8 nitrogen and oxygen atoms in total. The molecule has 0 saturated heterocycles. The van der Waals surface area contributed by atoms with Crippen molar-refractivity contribution in [1.82, 2.24) is 4.31 Å². The molecule has 0 aliphatic rings. The fourth-order valence-electron chi connectivity index (χ4n) is 2.55. The van der Waals surface area contributed by atoms with Gasteiger partial charge in [-0.25, -0.2) is 13.2 Å². The number of amides is 1. The summed E-state index contributed by atoms with van der Waals surface area (Å²) in [6.07, 6.45) is 0. The first-order valence-electron chi connectivity index (χ1n) is 8.54. The Hall–Kier alpha value is -2.91. The highest BCUT2D eigenvalue weighted by Gasteiger charge is 2.22. The SMILES string of the molecule is CCN(CC)S(=O)(=O)c1ccc(C(=O)Oc2cc(OC)ccc2C(N)=O)cc1. The molecular formula is C19H22N2O6S. The highest BCUT2D eigenvalue weighted by Crippen LogP contribution is 2.26. The lowest BCUT2D eigenvalue weighted by molar-refractivity contribution is 0.0732. The van der Waals surface area contributed by atoms with Crippen LogP contribution in [0, 0.1) is 0 Å². The molecule has 0 bridgehead atoms. The summed E-state index contributed by atoms with van der Waals surface area (Å²) in [5.41, 5.74) is 5.45. The smallest absolute Gasteiger partial charge is 0.343 e. The molecule has 0 fully saturated rings. The van der Waals surface area contributed by atoms with Gasteiger partial charge in [-0.1, -0.05) is 13.8 Å². The van der Waals surface area contributed by atoms with Crippen molar-refractivity contribution in [2.75, 3.05) is 20.2 Å². The van der Waals surface area contributed by atoms with Gasteiger partial charge < -0.3 is 15.2 Å². The van der Waals surface area contributed by atoms with E-state index >= 15 is 0 Å². The average molecular weight is 406 g/mol. The molecule has 150 valence electrons. The lowest BCUT2D eigenvalue weighted by Gasteiger charge is -2.18. The second kappa shape index (κ2) is 8.85. The monoisotopic (exact) mass is 406 g/mol. The molecule has 0 aromatic heterocycles. The van der Waals surface area contributed by atoms with Crippen LogP contribution in [0.5, 0.6) is 11.5 Å². The Bertz CT molecular complexity index is 966. The summed E-state index contributed by atoms with van der Waals surface area (Å²) in [6.45, 7) is 4.18. The standard InChI is InChI=1S/C19H22N2O6S/c1-4-21(5-2)28(24,25)15-9-6-13(7-10-15)19(23)27-17-12-14(26-3)8-11-16(17)18(20)22/h6-12H,4-5H2,1-3H3,(H2,20,22). The Morgan fingerprint density at radius 1 is 1.04 bits per heavy atom. The Labute approximate surface area is 163 Å². The number of nitrogens with zero attached hydrogens (tertiary/aromatic N) is 1. The van der Waals surface area contributed by atoms with Crippen molar-refractivity contribution in [2.45, 2.75) is 18.7 Å². The number of ether oxygens (including phenoxy) is 2. The van der Waals surface area contributed by atoms with Gasteiger partial charge in [-0.05, 0) is 36.4 Å². The summed E-state index contributed by atoms with van der Waals surface area (Å²) in [7, 11) is -2.20. The van der Waals surface area contributed by atoms with E-state index in [-0.39, 0.29) is 21.8 Å². The van der Waals surface area contributed by atoms with Crippen molar-refractivity contribution in [3.05, 3.63) is 53.6 Å². The van der Waals surface area contributed by atoms with Gasteiger partial charge in [0.05, 0.1) is 23.1 Å². The summed E-state index contributed by atoms with van der Waals surface area (Å²) in [4.78, 5) is 24.0. The van der Waals surface area contributed by atoms with Crippen LogP contribution >= 0.6 is 0 Å². The predicted octanol–water partition coefficient (Wildman–Crippen LogP) is 2.04. The Kier molecular flexibility index (Phi) is 6.76. The number of esters is 1. The number of rotatable bonds is 8. The first-order valence-corrected chi connectivity index (χ1v) is 9.98. The van der Waals surface area contributed by atoms with Crippen LogP contribution in [0.2, 0.25) is 0 Å². The van der Waals surface area contributed by atoms with Crippen LogP contribution in [0.4, 0.5) is 0 Å². The molecule has 0 aliphatic carbocycles. The lowest BCUT2D eigenvalue weighted by Crippen LogP contribution is -2.30. The Morgan fingerprint density at radius 2 is 1.64 bits per heavy atom. The molecule has 2 rings (SSSR count). The van der Waals surface area contributed by atoms with Crippen molar-refractivity contribution in [3.8, 4) is 11.5 Å². The average Bonchev–Trinajstić information content (AvgIpc) is 2.68. The minimum atomic E-state index is -3.63. The number of primary amides is 1. The van der Waals surface area contributed by atoms with Gasteiger partial charge in [0.2, 0.25) is 10.0 Å². The zero-order valence-corrected chi connectivity index (χ0v) is 16.7. The topological polar surface area (TPSA) is 116 Å². The maximum atomic E-state index is 12.5. The van der Waals surface area contributed by atoms with Crippen molar-refractivity contribution < 1.29 is 27.5 Å². The molecule has 9 heteroatoms. The van der Waals surface area contributed by atoms with Crippen LogP contribution in [0.25, 0.3) is 0 Å². The third kappa shape index (κ3) is 4.49. The van der Waals surface area contributed by atoms with Crippen LogP contribution in [0.1, 0.15) is 34.6 Å². The number of hydrogen-bond acceptors (Lipinski definition) is 6. The number of benzene rings is 2. The third-order valence-electron chi connectivity index (χ3n) is 4.09. The Balaban J connectivity index is 2.28. The van der Waals surface area contributed by atoms with E-state index in [1.54, 1.807) is 13.8 Å². The fraction of sp³-hybridized carbons (Fsp3) is 0.263. The quantitative estimate of drug-likeness (QED) is 0.530. The van der Waals surface area contributed by atoms with E-state index in [9.17, 15) is 18.0 Å². The van der Waals surface area contributed by atoms with Crippen LogP contribution < -0.4 is 15.2 Å². The van der Waals surface area contributed by atoms with E-state index in [0.717, 1.165) is 0 Å². The summed E-state index contributed by atoms with van der Waals surface area (Å²) in [6, 6.07) is 9.66. The first-order chi connectivity index (χ1) is 13.2. The highest BCUT2D eigenvalue weighted by molar-refractivity contribution is 7.89. The molecule has 0 saturated carbocycles. The zero-order chi connectivity index (χ0) is 20.9. The van der Waals surface area contributed by atoms with Gasteiger partial charge in [-0.2, -0.15) is 4.31 Å². The minimum absolute atomic E-state index is 0.0230. The molecule has 2 N–H and O–H groups in total. The molecule has 2 aromatic rings. The number of nitrogens with two attached hydrogens (primary N) is 1. The van der Waals surface area contributed by atoms with Crippen molar-refractivity contribution in [2.24, 2.45) is 5.73 Å². The van der Waals surface area contributed by atoms with Gasteiger partial charge in [0.1, 0.15) is 11.5 Å². The molecule has 0 spiro atoms. The van der Waals surface area contributed by atoms with E-state index in [4.69, 9.17) is 15.2 Å². The molecule has 0 heterocycles. The van der Waals surface area contributed by atoms with Gasteiger partial charge in [0.15, 0.2) is 0 Å². The fourth-order valence-corrected chi connectivity index (χ4v) is 4.01. The molecule has 0 unspecified atom stereocenters. The second-order valence-corrected chi connectivity index (χ2v) is 7.67. The highest BCUT2D eigenvalue weighted by atomic mass is 32.2. The summed E-state index contributed by atoms with van der Waals surface area (Å²) < 4.78 is 36.6. The summed E-state index contributed by atoms with van der Waals surface area (Å²) in [5, 5.41) is 0. The maximum Gasteiger partial charge on any atom is 0.343 e. The number of hydrogen-bond donors (Lipinski definition) is 1. The van der Waals surface area contributed by atoms with Crippen molar-refractivity contribution >= 4 is 21.9 Å². The maximum absolute atomic E-state index is 12.5. The number of carbonyl (C=O) groups excluding carboxylic acids is 2. The molecule has 0 aliphatic heterocycles. The predicted molar refractivity (Wildman–Crippen MR) is 103 cm³/mol. The number of methoxy groups -OCH3 is 1. The molecule has 0 atom stereocenters. The molecule has 0 radical (unpaired) electrons. The molecule has 2 aromatic carbocycles. The van der Waals surface area contributed by atoms with Gasteiger partial charge >= 0.3 is 5.97 Å². The largest absolute Gasteiger partial charge is 0.497 e. The van der Waals surface area contributed by atoms with E-state index in [1.165, 1.54) is 53.9 Å². The van der Waals surface area contributed by atoms with Crippen LogP contribution in [0.3, 0.4) is 0 Å². The van der Waals surface area contributed by atoms with Gasteiger partial charge in [-0.3, -0.25) is 4.79 Å².